The van der Waals surface area contributed by atoms with Crippen LogP contribution in [0.2, 0.25) is 0 Å². The number of rotatable bonds is 2. The van der Waals surface area contributed by atoms with E-state index in [0.717, 1.165) is 0 Å². The molecule has 0 bridgehead atoms. The summed E-state index contributed by atoms with van der Waals surface area (Å²) in [5.41, 5.74) is -4.17. The van der Waals surface area contributed by atoms with Gasteiger partial charge in [-0.15, -0.1) is 0 Å². The zero-order valence-electron chi connectivity index (χ0n) is 5.42. The molecule has 0 radical (unpaired) electrons. The molecule has 0 rings (SSSR count). The second-order valence-electron chi connectivity index (χ2n) is 1.47. The molecule has 0 aromatic heterocycles. The molecule has 3 nitrogen and oxygen atoms in total. The molecule has 0 atom stereocenters. The Morgan fingerprint density at radius 3 is 2.09 bits per heavy atom. The van der Waals surface area contributed by atoms with E-state index >= 15 is 0 Å². The van der Waals surface area contributed by atoms with Gasteiger partial charge in [-0.2, -0.15) is 21.6 Å². The van der Waals surface area contributed by atoms with Crippen molar-refractivity contribution in [1.29, 1.82) is 0 Å². The smallest absolute Gasteiger partial charge is 0.385 e. The molecule has 0 spiro atoms. The molecular weight excluding hydrogens is 201 g/mol. The number of hydrogen-bond acceptors (Lipinski definition) is 3. The van der Waals surface area contributed by atoms with Gasteiger partial charge < -0.3 is 4.18 Å². The van der Waals surface area contributed by atoms with E-state index in [1.54, 1.807) is 0 Å². The molecule has 66 valence electrons. The molecule has 0 heterocycles. The van der Waals surface area contributed by atoms with Crippen molar-refractivity contribution in [1.82, 2.24) is 0 Å². The van der Waals surface area contributed by atoms with Gasteiger partial charge in [-0.25, -0.2) is 0 Å². The van der Waals surface area contributed by atoms with E-state index in [1.165, 1.54) is 5.70 Å². The summed E-state index contributed by atoms with van der Waals surface area (Å²) in [6.45, 7) is 0. The van der Waals surface area contributed by atoms with Crippen LogP contribution in [-0.2, 0) is 14.3 Å². The predicted octanol–water partition coefficient (Wildman–Crippen LogP) is -0.311. The van der Waals surface area contributed by atoms with E-state index in [-0.39, 0.29) is 0 Å². The van der Waals surface area contributed by atoms with Crippen LogP contribution in [0.4, 0.5) is 13.2 Å². The first-order valence-electron chi connectivity index (χ1n) is 2.42. The minimum absolute atomic E-state index is 0.432. The Labute approximate surface area is 64.4 Å². The fraction of sp³-hybridized carbons (Fsp3) is 0.333. The maximum atomic E-state index is 11.4. The van der Waals surface area contributed by atoms with Gasteiger partial charge in [0.2, 0.25) is 0 Å². The summed E-state index contributed by atoms with van der Waals surface area (Å²) in [5, 5.41) is 0. The largest absolute Gasteiger partial charge is 0.534 e. The van der Waals surface area contributed by atoms with E-state index in [2.05, 4.69) is 4.18 Å². The van der Waals surface area contributed by atoms with Gasteiger partial charge in [-0.05, 0) is 0 Å². The Morgan fingerprint density at radius 2 is 1.82 bits per heavy atom. The van der Waals surface area contributed by atoms with Gasteiger partial charge in [0.25, 0.3) is 0 Å². The van der Waals surface area contributed by atoms with Crippen molar-refractivity contribution in [3.8, 4) is 0 Å². The summed E-state index contributed by atoms with van der Waals surface area (Å²) in [4.78, 5) is 0. The van der Waals surface area contributed by atoms with Gasteiger partial charge >= 0.3 is 15.6 Å². The maximum Gasteiger partial charge on any atom is 0.534 e. The molecule has 0 aliphatic rings. The normalized spacial score (nSPS) is 14.1. The molecule has 0 aromatic rings. The summed E-state index contributed by atoms with van der Waals surface area (Å²) < 4.78 is 57.8. The SMILES string of the molecule is O=S(=O)(OC=C[SiH3])C(F)(F)F. The van der Waals surface area contributed by atoms with Crippen LogP contribution in [0.5, 0.6) is 0 Å². The third-order valence-corrected chi connectivity index (χ3v) is 1.81. The van der Waals surface area contributed by atoms with Crippen LogP contribution in [0.15, 0.2) is 12.0 Å². The number of halogens is 3. The molecule has 0 N–H and O–H groups in total. The Bertz CT molecular complexity index is 241. The Morgan fingerprint density at radius 1 is 1.36 bits per heavy atom. The van der Waals surface area contributed by atoms with Crippen molar-refractivity contribution >= 4 is 20.4 Å². The number of alkyl halides is 3. The van der Waals surface area contributed by atoms with Crippen LogP contribution < -0.4 is 0 Å². The average Bonchev–Trinajstić information content (AvgIpc) is 1.81. The monoisotopic (exact) mass is 206 g/mol. The summed E-state index contributed by atoms with van der Waals surface area (Å²) in [6, 6.07) is 0. The molecule has 0 aromatic carbocycles. The minimum atomic E-state index is -5.42. The molecule has 0 fully saturated rings. The third kappa shape index (κ3) is 2.93. The lowest BCUT2D eigenvalue weighted by molar-refractivity contribution is -0.0514. The fourth-order valence-corrected chi connectivity index (χ4v) is 0.883. The highest BCUT2D eigenvalue weighted by Crippen LogP contribution is 2.24. The highest BCUT2D eigenvalue weighted by Gasteiger charge is 2.47. The Hall–Kier alpha value is -0.503. The third-order valence-electron chi connectivity index (χ3n) is 0.602. The Kier molecular flexibility index (Phi) is 3.11. The predicted molar refractivity (Wildman–Crippen MR) is 35.1 cm³/mol. The molecule has 0 saturated carbocycles. The molecule has 0 saturated heterocycles. The van der Waals surface area contributed by atoms with E-state index < -0.39 is 15.6 Å². The van der Waals surface area contributed by atoms with E-state index in [4.69, 9.17) is 0 Å². The zero-order chi connectivity index (χ0) is 9.12. The minimum Gasteiger partial charge on any atom is -0.385 e. The van der Waals surface area contributed by atoms with Crippen LogP contribution >= 0.6 is 0 Å². The van der Waals surface area contributed by atoms with Gasteiger partial charge in [0.05, 0.1) is 6.26 Å². The first-order chi connectivity index (χ1) is 4.81. The first-order valence-corrected chi connectivity index (χ1v) is 4.98. The zero-order valence-corrected chi connectivity index (χ0v) is 8.24. The van der Waals surface area contributed by atoms with Gasteiger partial charge in [0.1, 0.15) is 0 Å². The topological polar surface area (TPSA) is 43.4 Å². The van der Waals surface area contributed by atoms with Crippen molar-refractivity contribution < 1.29 is 25.8 Å². The van der Waals surface area contributed by atoms with Crippen molar-refractivity contribution in [3.05, 3.63) is 12.0 Å². The fourth-order valence-electron chi connectivity index (χ4n) is 0.183. The van der Waals surface area contributed by atoms with E-state index in [0.29, 0.717) is 16.5 Å². The summed E-state index contributed by atoms with van der Waals surface area (Å²) in [7, 11) is -4.99. The lowest BCUT2D eigenvalue weighted by Gasteiger charge is -2.04. The van der Waals surface area contributed by atoms with Crippen LogP contribution in [0.1, 0.15) is 0 Å². The van der Waals surface area contributed by atoms with Crippen LogP contribution in [0, 0.1) is 0 Å². The van der Waals surface area contributed by atoms with Crippen molar-refractivity contribution in [2.24, 2.45) is 0 Å². The molecule has 11 heavy (non-hydrogen) atoms. The maximum absolute atomic E-state index is 11.4. The van der Waals surface area contributed by atoms with Crippen LogP contribution in [0.25, 0.3) is 0 Å². The standard InChI is InChI=1S/C3H5F3O3SSi/c4-3(5,6)10(7,8)9-1-2-11/h1-2H,11H3. The first kappa shape index (κ1) is 10.5. The van der Waals surface area contributed by atoms with Crippen molar-refractivity contribution in [2.75, 3.05) is 0 Å². The van der Waals surface area contributed by atoms with Crippen LogP contribution in [-0.4, -0.2) is 24.2 Å². The number of hydrogen-bond donors (Lipinski definition) is 0. The highest BCUT2D eigenvalue weighted by atomic mass is 32.2. The molecule has 0 aliphatic heterocycles. The Balaban J connectivity index is 4.50. The van der Waals surface area contributed by atoms with Gasteiger partial charge in [0.15, 0.2) is 0 Å². The van der Waals surface area contributed by atoms with Gasteiger partial charge in [-0.1, -0.05) is 5.70 Å². The summed E-state index contributed by atoms with van der Waals surface area (Å²) in [6.07, 6.45) is 0.509. The molecule has 0 amide bonds. The van der Waals surface area contributed by atoms with Crippen LogP contribution in [0.3, 0.4) is 0 Å². The van der Waals surface area contributed by atoms with Crippen molar-refractivity contribution in [2.45, 2.75) is 5.51 Å². The van der Waals surface area contributed by atoms with Crippen molar-refractivity contribution in [3.63, 3.8) is 0 Å². The molecule has 0 unspecified atom stereocenters. The molecular formula is C3H5F3O3SSi. The summed E-state index contributed by atoms with van der Waals surface area (Å²) in [5.74, 6) is 0. The lowest BCUT2D eigenvalue weighted by atomic mass is 11.2. The van der Waals surface area contributed by atoms with E-state index in [1.807, 2.05) is 0 Å². The van der Waals surface area contributed by atoms with Gasteiger partial charge in [0, 0.05) is 10.2 Å². The average molecular weight is 206 g/mol. The lowest BCUT2D eigenvalue weighted by Crippen LogP contribution is -2.23. The second kappa shape index (κ2) is 3.26. The molecule has 8 heteroatoms. The second-order valence-corrected chi connectivity index (χ2v) is 3.70. The van der Waals surface area contributed by atoms with E-state index in [9.17, 15) is 21.6 Å². The summed E-state index contributed by atoms with van der Waals surface area (Å²) >= 11 is 0. The molecule has 0 aliphatic carbocycles. The highest BCUT2D eigenvalue weighted by molar-refractivity contribution is 7.87. The quantitative estimate of drug-likeness (QED) is 0.269. The van der Waals surface area contributed by atoms with Gasteiger partial charge in [-0.3, -0.25) is 0 Å².